The van der Waals surface area contributed by atoms with Crippen LogP contribution in [0.15, 0.2) is 11.6 Å². The molecule has 0 bridgehead atoms. The molecule has 1 rings (SSSR count). The highest BCUT2D eigenvalue weighted by molar-refractivity contribution is 5.84. The van der Waals surface area contributed by atoms with Gasteiger partial charge in [-0.15, -0.1) is 0 Å². The lowest BCUT2D eigenvalue weighted by Gasteiger charge is -2.16. The normalized spacial score (nSPS) is 19.7. The van der Waals surface area contributed by atoms with E-state index < -0.39 is 16.6 Å². The predicted molar refractivity (Wildman–Crippen MR) is 40.2 cm³/mol. The Morgan fingerprint density at radius 1 is 1.69 bits per heavy atom. The quantitative estimate of drug-likeness (QED) is 0.345. The van der Waals surface area contributed by atoms with Crippen molar-refractivity contribution < 1.29 is 19.6 Å². The second-order valence-electron chi connectivity index (χ2n) is 2.37. The van der Waals surface area contributed by atoms with Crippen LogP contribution in [0.25, 0.3) is 0 Å². The summed E-state index contributed by atoms with van der Waals surface area (Å²) in [6, 6.07) is 0. The molecular weight excluding hydrogens is 180 g/mol. The van der Waals surface area contributed by atoms with Crippen LogP contribution in [0.4, 0.5) is 0 Å². The number of rotatable bonds is 2. The SMILES string of the molecule is O=C(O)/C(=C1\NCCCO1)[N+](=O)[O-]. The molecule has 7 nitrogen and oxygen atoms in total. The lowest BCUT2D eigenvalue weighted by atomic mass is 10.3. The summed E-state index contributed by atoms with van der Waals surface area (Å²) in [4.78, 5) is 19.7. The topological polar surface area (TPSA) is 102 Å². The van der Waals surface area contributed by atoms with Crippen LogP contribution in [-0.4, -0.2) is 29.2 Å². The van der Waals surface area contributed by atoms with E-state index in [0.29, 0.717) is 19.6 Å². The lowest BCUT2D eigenvalue weighted by molar-refractivity contribution is -0.424. The number of nitro groups is 1. The van der Waals surface area contributed by atoms with Crippen molar-refractivity contribution in [1.82, 2.24) is 5.32 Å². The number of hydrogen-bond acceptors (Lipinski definition) is 5. The summed E-state index contributed by atoms with van der Waals surface area (Å²) in [5.74, 6) is -1.86. The van der Waals surface area contributed by atoms with E-state index in [9.17, 15) is 14.9 Å². The second kappa shape index (κ2) is 3.74. The lowest BCUT2D eigenvalue weighted by Crippen LogP contribution is -2.30. The Kier molecular flexibility index (Phi) is 2.68. The molecule has 0 amide bonds. The highest BCUT2D eigenvalue weighted by atomic mass is 16.6. The van der Waals surface area contributed by atoms with Crippen LogP contribution >= 0.6 is 0 Å². The van der Waals surface area contributed by atoms with Gasteiger partial charge in [0, 0.05) is 6.54 Å². The van der Waals surface area contributed by atoms with E-state index in [2.05, 4.69) is 5.32 Å². The minimum atomic E-state index is -1.60. The van der Waals surface area contributed by atoms with Crippen molar-refractivity contribution in [2.24, 2.45) is 0 Å². The van der Waals surface area contributed by atoms with E-state index in [1.165, 1.54) is 0 Å². The van der Waals surface area contributed by atoms with Crippen LogP contribution in [0.5, 0.6) is 0 Å². The fourth-order valence-electron chi connectivity index (χ4n) is 0.910. The second-order valence-corrected chi connectivity index (χ2v) is 2.37. The molecule has 0 atom stereocenters. The molecule has 1 aliphatic heterocycles. The third kappa shape index (κ3) is 2.08. The van der Waals surface area contributed by atoms with Crippen molar-refractivity contribution in [3.63, 3.8) is 0 Å². The van der Waals surface area contributed by atoms with Crippen LogP contribution in [0.3, 0.4) is 0 Å². The predicted octanol–water partition coefficient (Wildman–Crippen LogP) is -0.473. The van der Waals surface area contributed by atoms with Gasteiger partial charge in [0.25, 0.3) is 5.88 Å². The van der Waals surface area contributed by atoms with Crippen LogP contribution in [0.1, 0.15) is 6.42 Å². The molecule has 0 aromatic carbocycles. The molecule has 1 fully saturated rings. The number of carboxylic acids is 1. The number of ether oxygens (including phenoxy) is 1. The molecule has 0 saturated carbocycles. The summed E-state index contributed by atoms with van der Waals surface area (Å²) >= 11 is 0. The van der Waals surface area contributed by atoms with E-state index in [1.54, 1.807) is 0 Å². The maximum Gasteiger partial charge on any atom is 0.413 e. The maximum atomic E-state index is 10.4. The minimum absolute atomic E-state index is 0.260. The Balaban J connectivity index is 2.93. The first-order chi connectivity index (χ1) is 6.13. The largest absolute Gasteiger partial charge is 0.474 e. The van der Waals surface area contributed by atoms with Crippen LogP contribution in [0.2, 0.25) is 0 Å². The first-order valence-electron chi connectivity index (χ1n) is 3.61. The van der Waals surface area contributed by atoms with Crippen molar-refractivity contribution in [2.75, 3.05) is 13.2 Å². The number of nitrogens with one attached hydrogen (secondary N) is 1. The zero-order chi connectivity index (χ0) is 9.84. The monoisotopic (exact) mass is 188 g/mol. The van der Waals surface area contributed by atoms with Gasteiger partial charge in [-0.2, -0.15) is 0 Å². The van der Waals surface area contributed by atoms with E-state index >= 15 is 0 Å². The molecule has 0 radical (unpaired) electrons. The van der Waals surface area contributed by atoms with Crippen molar-refractivity contribution in [2.45, 2.75) is 6.42 Å². The Hall–Kier alpha value is -1.79. The molecule has 0 unspecified atom stereocenters. The van der Waals surface area contributed by atoms with Gasteiger partial charge in [-0.25, -0.2) is 4.79 Å². The van der Waals surface area contributed by atoms with Crippen molar-refractivity contribution in [1.29, 1.82) is 0 Å². The summed E-state index contributed by atoms with van der Waals surface area (Å²) in [7, 11) is 0. The van der Waals surface area contributed by atoms with E-state index in [0.717, 1.165) is 0 Å². The molecular formula is C6H8N2O5. The van der Waals surface area contributed by atoms with E-state index in [1.807, 2.05) is 0 Å². The number of carboxylic acid groups (broad SMARTS) is 1. The molecule has 1 saturated heterocycles. The van der Waals surface area contributed by atoms with Gasteiger partial charge in [0.2, 0.25) is 0 Å². The average molecular weight is 188 g/mol. The molecule has 0 aromatic heterocycles. The van der Waals surface area contributed by atoms with Gasteiger partial charge in [-0.3, -0.25) is 10.1 Å². The van der Waals surface area contributed by atoms with E-state index in [4.69, 9.17) is 9.84 Å². The zero-order valence-electron chi connectivity index (χ0n) is 6.65. The maximum absolute atomic E-state index is 10.4. The smallest absolute Gasteiger partial charge is 0.413 e. The first-order valence-corrected chi connectivity index (χ1v) is 3.61. The third-order valence-corrected chi connectivity index (χ3v) is 1.45. The molecule has 2 N–H and O–H groups in total. The fraction of sp³-hybridized carbons (Fsp3) is 0.500. The minimum Gasteiger partial charge on any atom is -0.474 e. The van der Waals surface area contributed by atoms with Crippen molar-refractivity contribution >= 4 is 5.97 Å². The van der Waals surface area contributed by atoms with Gasteiger partial charge < -0.3 is 15.2 Å². The summed E-state index contributed by atoms with van der Waals surface area (Å²) < 4.78 is 4.81. The van der Waals surface area contributed by atoms with Gasteiger partial charge >= 0.3 is 11.7 Å². The Morgan fingerprint density at radius 3 is 2.77 bits per heavy atom. The molecule has 0 aromatic rings. The van der Waals surface area contributed by atoms with Crippen molar-refractivity contribution in [3.05, 3.63) is 21.7 Å². The average Bonchev–Trinajstić information content (AvgIpc) is 2.04. The summed E-state index contributed by atoms with van der Waals surface area (Å²) in [5, 5.41) is 21.3. The number of nitrogens with zero attached hydrogens (tertiary/aromatic N) is 1. The van der Waals surface area contributed by atoms with Gasteiger partial charge in [-0.1, -0.05) is 0 Å². The molecule has 0 spiro atoms. The summed E-state index contributed by atoms with van der Waals surface area (Å²) in [6.07, 6.45) is 0.702. The molecule has 13 heavy (non-hydrogen) atoms. The number of aliphatic carboxylic acids is 1. The van der Waals surface area contributed by atoms with Crippen LogP contribution in [-0.2, 0) is 9.53 Å². The molecule has 72 valence electrons. The van der Waals surface area contributed by atoms with Crippen LogP contribution in [0, 0.1) is 10.1 Å². The van der Waals surface area contributed by atoms with Crippen molar-refractivity contribution in [3.8, 4) is 0 Å². The number of hydrogen-bond donors (Lipinski definition) is 2. The summed E-state index contributed by atoms with van der Waals surface area (Å²) in [6.45, 7) is 0.785. The standard InChI is InChI=1S/C6H8N2O5/c9-6(10)4(8(11)12)5-7-2-1-3-13-5/h7H,1-3H2,(H,9,10)/b5-4-. The van der Waals surface area contributed by atoms with Gasteiger partial charge in [0.15, 0.2) is 0 Å². The third-order valence-electron chi connectivity index (χ3n) is 1.45. The van der Waals surface area contributed by atoms with Gasteiger partial charge in [0.05, 0.1) is 11.5 Å². The van der Waals surface area contributed by atoms with Gasteiger partial charge in [0.1, 0.15) is 0 Å². The molecule has 7 heteroatoms. The highest BCUT2D eigenvalue weighted by Crippen LogP contribution is 2.08. The Bertz CT molecular complexity index is 248. The molecule has 1 aliphatic rings. The zero-order valence-corrected chi connectivity index (χ0v) is 6.65. The molecule has 0 aliphatic carbocycles. The number of carbonyl (C=O) groups is 1. The fourth-order valence-corrected chi connectivity index (χ4v) is 0.910. The van der Waals surface area contributed by atoms with Crippen LogP contribution < -0.4 is 5.32 Å². The molecule has 1 heterocycles. The van der Waals surface area contributed by atoms with Gasteiger partial charge in [-0.05, 0) is 6.42 Å². The first kappa shape index (κ1) is 9.30. The summed E-state index contributed by atoms with van der Waals surface area (Å²) in [5.41, 5.74) is -0.945. The highest BCUT2D eigenvalue weighted by Gasteiger charge is 2.30. The van der Waals surface area contributed by atoms with E-state index in [-0.39, 0.29) is 5.88 Å². The Labute approximate surface area is 73.1 Å². The Morgan fingerprint density at radius 2 is 2.38 bits per heavy atom.